The second kappa shape index (κ2) is 9.82. The molecule has 5 rings (SSSR count). The molecule has 0 radical (unpaired) electrons. The molecule has 4 heterocycles. The van der Waals surface area contributed by atoms with E-state index in [9.17, 15) is 4.79 Å². The van der Waals surface area contributed by atoms with Crippen LogP contribution < -0.4 is 10.2 Å². The maximum Gasteiger partial charge on any atom is 0.407 e. The molecule has 0 bridgehead atoms. The van der Waals surface area contributed by atoms with Gasteiger partial charge >= 0.3 is 6.09 Å². The molecule has 0 aliphatic carbocycles. The summed E-state index contributed by atoms with van der Waals surface area (Å²) in [6.45, 7) is 7.17. The quantitative estimate of drug-likeness (QED) is 0.217. The van der Waals surface area contributed by atoms with Gasteiger partial charge in [-0.25, -0.2) is 12.3 Å². The fourth-order valence-electron chi connectivity index (χ4n) is 4.49. The molecular weight excluding hydrogens is 577 g/mol. The smallest absolute Gasteiger partial charge is 0.407 e. The van der Waals surface area contributed by atoms with Crippen molar-refractivity contribution in [3.63, 3.8) is 0 Å². The molecule has 10 heteroatoms. The second-order valence-corrected chi connectivity index (χ2v) is 11.3. The molecule has 0 spiro atoms. The Balaban J connectivity index is 1.45. The fourth-order valence-corrected chi connectivity index (χ4v) is 5.44. The van der Waals surface area contributed by atoms with Gasteiger partial charge in [0.2, 0.25) is 0 Å². The van der Waals surface area contributed by atoms with E-state index in [0.717, 1.165) is 58.3 Å². The van der Waals surface area contributed by atoms with Crippen LogP contribution in [0.2, 0.25) is 0 Å². The number of hydrogen-bond donors (Lipinski definition) is 1. The molecule has 1 fully saturated rings. The number of rotatable bonds is 5. The van der Waals surface area contributed by atoms with Crippen LogP contribution in [0.25, 0.3) is 33.1 Å². The Morgan fingerprint density at radius 3 is 2.83 bits per heavy atom. The SMILES string of the molecule is CC(C)(C)OC(=O)NC1CCN(c2ccnc3ccc(-c4cn(SOI)c5ncccc45)cc23)C1. The monoisotopic (exact) mass is 603 g/mol. The van der Waals surface area contributed by atoms with Gasteiger partial charge in [0.25, 0.3) is 0 Å². The summed E-state index contributed by atoms with van der Waals surface area (Å²) in [5.41, 5.74) is 4.54. The predicted molar refractivity (Wildman–Crippen MR) is 149 cm³/mol. The number of hydrogen-bond acceptors (Lipinski definition) is 7. The Labute approximate surface area is 222 Å². The van der Waals surface area contributed by atoms with Crippen molar-refractivity contribution in [2.75, 3.05) is 18.0 Å². The highest BCUT2D eigenvalue weighted by Crippen LogP contribution is 2.36. The minimum Gasteiger partial charge on any atom is -0.444 e. The molecule has 1 N–H and O–H groups in total. The Kier molecular flexibility index (Phi) is 6.78. The summed E-state index contributed by atoms with van der Waals surface area (Å²) < 4.78 is 12.6. The van der Waals surface area contributed by atoms with E-state index in [4.69, 9.17) is 7.25 Å². The number of pyridine rings is 2. The summed E-state index contributed by atoms with van der Waals surface area (Å²) in [5, 5.41) is 5.14. The molecule has 182 valence electrons. The van der Waals surface area contributed by atoms with Gasteiger partial charge in [0.1, 0.15) is 40.8 Å². The maximum absolute atomic E-state index is 12.2. The topological polar surface area (TPSA) is 81.5 Å². The summed E-state index contributed by atoms with van der Waals surface area (Å²) in [4.78, 5) is 23.7. The van der Waals surface area contributed by atoms with Crippen molar-refractivity contribution in [2.24, 2.45) is 0 Å². The zero-order chi connectivity index (χ0) is 24.6. The van der Waals surface area contributed by atoms with Crippen LogP contribution in [0.3, 0.4) is 0 Å². The molecule has 4 aromatic rings. The second-order valence-electron chi connectivity index (χ2n) is 9.52. The summed E-state index contributed by atoms with van der Waals surface area (Å²) in [7, 11) is 0. The van der Waals surface area contributed by atoms with Gasteiger partial charge in [-0.2, -0.15) is 0 Å². The van der Waals surface area contributed by atoms with Crippen molar-refractivity contribution in [1.29, 1.82) is 0 Å². The zero-order valence-electron chi connectivity index (χ0n) is 19.7. The van der Waals surface area contributed by atoms with Gasteiger partial charge in [-0.3, -0.25) is 8.96 Å². The number of carbonyl (C=O) groups is 1. The lowest BCUT2D eigenvalue weighted by Gasteiger charge is -2.23. The van der Waals surface area contributed by atoms with Gasteiger partial charge in [0.15, 0.2) is 5.65 Å². The van der Waals surface area contributed by atoms with Crippen LogP contribution in [0.4, 0.5) is 10.5 Å². The van der Waals surface area contributed by atoms with E-state index >= 15 is 0 Å². The van der Waals surface area contributed by atoms with Gasteiger partial charge < -0.3 is 15.0 Å². The standard InChI is InChI=1S/C25H26IN5O3S/c1-25(2,3)33-24(32)29-17-9-12-30(14-17)22-8-11-27-21-7-6-16(13-19(21)22)20-15-31(35-34-26)23-18(20)5-4-10-28-23/h4-8,10-11,13,15,17H,9,12,14H2,1-3H3,(H,29,32). The van der Waals surface area contributed by atoms with Crippen molar-refractivity contribution in [3.05, 3.63) is 55.0 Å². The number of fused-ring (bicyclic) bond motifs is 2. The van der Waals surface area contributed by atoms with Crippen LogP contribution in [-0.2, 0) is 7.25 Å². The van der Waals surface area contributed by atoms with E-state index in [0.29, 0.717) is 0 Å². The fraction of sp³-hybridized carbons (Fsp3) is 0.320. The number of halogens is 1. The van der Waals surface area contributed by atoms with Crippen LogP contribution in [0, 0.1) is 0 Å². The first-order chi connectivity index (χ1) is 16.8. The largest absolute Gasteiger partial charge is 0.444 e. The van der Waals surface area contributed by atoms with E-state index in [-0.39, 0.29) is 12.1 Å². The summed E-state index contributed by atoms with van der Waals surface area (Å²) in [6, 6.07) is 12.4. The Bertz CT molecular complexity index is 1390. The lowest BCUT2D eigenvalue weighted by molar-refractivity contribution is 0.0509. The van der Waals surface area contributed by atoms with Gasteiger partial charge in [-0.05, 0) is 63.1 Å². The molecule has 1 amide bonds. The third-order valence-corrected chi connectivity index (χ3v) is 6.90. The van der Waals surface area contributed by atoms with Crippen LogP contribution in [-0.4, -0.2) is 44.8 Å². The van der Waals surface area contributed by atoms with Crippen molar-refractivity contribution in [2.45, 2.75) is 38.8 Å². The van der Waals surface area contributed by atoms with Crippen molar-refractivity contribution in [1.82, 2.24) is 19.3 Å². The first-order valence-corrected chi connectivity index (χ1v) is 13.0. The summed E-state index contributed by atoms with van der Waals surface area (Å²) in [6.07, 6.45) is 6.17. The predicted octanol–water partition coefficient (Wildman–Crippen LogP) is 6.13. The highest BCUT2D eigenvalue weighted by atomic mass is 127. The zero-order valence-corrected chi connectivity index (χ0v) is 22.7. The molecule has 1 unspecified atom stereocenters. The summed E-state index contributed by atoms with van der Waals surface area (Å²) >= 11 is 3.10. The molecule has 1 aliphatic heterocycles. The van der Waals surface area contributed by atoms with Gasteiger partial charge in [0, 0.05) is 53.7 Å². The number of carbonyl (C=O) groups excluding carboxylic acids is 1. The van der Waals surface area contributed by atoms with E-state index in [1.54, 1.807) is 6.20 Å². The van der Waals surface area contributed by atoms with Crippen molar-refractivity contribution < 1.29 is 12.0 Å². The maximum atomic E-state index is 12.2. The molecule has 1 aliphatic rings. The van der Waals surface area contributed by atoms with Crippen LogP contribution in [0.1, 0.15) is 27.2 Å². The molecule has 1 atom stereocenters. The lowest BCUT2D eigenvalue weighted by Crippen LogP contribution is -2.40. The Morgan fingerprint density at radius 1 is 1.17 bits per heavy atom. The molecular formula is C25H26IN5O3S. The number of amides is 1. The highest BCUT2D eigenvalue weighted by molar-refractivity contribution is 14.1. The van der Waals surface area contributed by atoms with E-state index < -0.39 is 5.60 Å². The summed E-state index contributed by atoms with van der Waals surface area (Å²) in [5.74, 6) is 0. The van der Waals surface area contributed by atoms with E-state index in [1.807, 2.05) is 66.1 Å². The number of nitrogens with one attached hydrogen (secondary N) is 1. The first-order valence-electron chi connectivity index (χ1n) is 11.4. The molecule has 1 saturated heterocycles. The van der Waals surface area contributed by atoms with Gasteiger partial charge in [0.05, 0.1) is 11.6 Å². The molecule has 3 aromatic heterocycles. The molecule has 0 saturated carbocycles. The highest BCUT2D eigenvalue weighted by Gasteiger charge is 2.27. The van der Waals surface area contributed by atoms with Crippen LogP contribution >= 0.6 is 35.2 Å². The van der Waals surface area contributed by atoms with Crippen LogP contribution in [0.15, 0.2) is 55.0 Å². The van der Waals surface area contributed by atoms with Crippen molar-refractivity contribution in [3.8, 4) is 11.1 Å². The number of benzene rings is 1. The third kappa shape index (κ3) is 5.19. The van der Waals surface area contributed by atoms with Crippen LogP contribution in [0.5, 0.6) is 0 Å². The number of anilines is 1. The number of nitrogens with zero attached hydrogens (tertiary/aromatic N) is 4. The lowest BCUT2D eigenvalue weighted by atomic mass is 10.0. The normalized spacial score (nSPS) is 16.2. The average Bonchev–Trinajstić information content (AvgIpc) is 3.42. The number of ether oxygens (including phenoxy) is 1. The minimum atomic E-state index is -0.514. The van der Waals surface area contributed by atoms with Gasteiger partial charge in [-0.1, -0.05) is 6.07 Å². The van der Waals surface area contributed by atoms with E-state index in [2.05, 4.69) is 50.6 Å². The van der Waals surface area contributed by atoms with E-state index in [1.165, 1.54) is 12.2 Å². The van der Waals surface area contributed by atoms with Crippen molar-refractivity contribution >= 4 is 69.0 Å². The average molecular weight is 603 g/mol. The minimum absolute atomic E-state index is 0.0330. The molecule has 8 nitrogen and oxygen atoms in total. The molecule has 1 aromatic carbocycles. The number of aromatic nitrogens is 3. The number of alkyl carbamates (subject to hydrolysis) is 1. The third-order valence-electron chi connectivity index (χ3n) is 5.92. The Morgan fingerprint density at radius 2 is 2.03 bits per heavy atom. The van der Waals surface area contributed by atoms with Gasteiger partial charge in [-0.15, -0.1) is 0 Å². The Hall–Kier alpha value is -2.57. The first kappa shape index (κ1) is 24.1. The molecule has 35 heavy (non-hydrogen) atoms.